The zero-order valence-electron chi connectivity index (χ0n) is 7.24. The van der Waals surface area contributed by atoms with Crippen molar-refractivity contribution in [1.82, 2.24) is 5.32 Å². The maximum Gasteiger partial charge on any atom is 0.184 e. The Morgan fingerprint density at radius 2 is 2.36 bits per heavy atom. The molecule has 2 rings (SSSR count). The van der Waals surface area contributed by atoms with Gasteiger partial charge in [0.05, 0.1) is 5.02 Å². The minimum atomic E-state index is -0.453. The van der Waals surface area contributed by atoms with Crippen LogP contribution in [0.5, 0.6) is 5.75 Å². The largest absolute Gasteiger partial charge is 0.489 e. The molecule has 0 amide bonds. The van der Waals surface area contributed by atoms with Crippen LogP contribution in [0.1, 0.15) is 5.56 Å². The highest BCUT2D eigenvalue weighted by Crippen LogP contribution is 2.33. The molecule has 1 aromatic carbocycles. The van der Waals surface area contributed by atoms with E-state index in [-0.39, 0.29) is 5.02 Å². The van der Waals surface area contributed by atoms with Crippen LogP contribution in [0.25, 0.3) is 0 Å². The predicted octanol–water partition coefficient (Wildman–Crippen LogP) is 2.57. The van der Waals surface area contributed by atoms with Gasteiger partial charge in [-0.2, -0.15) is 0 Å². The fraction of sp³-hybridized carbons (Fsp3) is 0.333. The standard InChI is InChI=1S/C9H8ClFINO/c10-6-3-7(12)5-4-13-1-2-14-9(5)8(6)11/h3,13H,1-2,4H2. The van der Waals surface area contributed by atoms with Crippen LogP contribution in [0.3, 0.4) is 0 Å². The number of ether oxygens (including phenoxy) is 1. The summed E-state index contributed by atoms with van der Waals surface area (Å²) in [6.07, 6.45) is 0. The third-order valence-electron chi connectivity index (χ3n) is 2.05. The molecular formula is C9H8ClFINO. The monoisotopic (exact) mass is 327 g/mol. The molecule has 2 nitrogen and oxygen atoms in total. The molecule has 0 aromatic heterocycles. The minimum Gasteiger partial charge on any atom is -0.489 e. The Labute approximate surface area is 99.9 Å². The quantitative estimate of drug-likeness (QED) is 0.584. The second-order valence-corrected chi connectivity index (χ2v) is 4.56. The summed E-state index contributed by atoms with van der Waals surface area (Å²) in [4.78, 5) is 0. The van der Waals surface area contributed by atoms with Crippen molar-refractivity contribution in [2.45, 2.75) is 6.54 Å². The highest BCUT2D eigenvalue weighted by Gasteiger charge is 2.19. The van der Waals surface area contributed by atoms with E-state index in [1.165, 1.54) is 0 Å². The fourth-order valence-electron chi connectivity index (χ4n) is 1.36. The smallest absolute Gasteiger partial charge is 0.184 e. The first-order valence-electron chi connectivity index (χ1n) is 4.20. The van der Waals surface area contributed by atoms with Gasteiger partial charge in [-0.3, -0.25) is 0 Å². The van der Waals surface area contributed by atoms with Crippen LogP contribution in [-0.4, -0.2) is 13.2 Å². The number of rotatable bonds is 0. The summed E-state index contributed by atoms with van der Waals surface area (Å²) in [7, 11) is 0. The van der Waals surface area contributed by atoms with Crippen molar-refractivity contribution >= 4 is 34.2 Å². The molecule has 1 aliphatic rings. The van der Waals surface area contributed by atoms with E-state index in [0.29, 0.717) is 18.9 Å². The molecule has 0 unspecified atom stereocenters. The van der Waals surface area contributed by atoms with Crippen LogP contribution in [0.4, 0.5) is 4.39 Å². The van der Waals surface area contributed by atoms with E-state index < -0.39 is 5.82 Å². The molecule has 0 bridgehead atoms. The Bertz CT molecular complexity index is 372. The number of halogens is 3. The van der Waals surface area contributed by atoms with Crippen molar-refractivity contribution in [3.8, 4) is 5.75 Å². The van der Waals surface area contributed by atoms with Gasteiger partial charge in [0.2, 0.25) is 0 Å². The molecule has 0 radical (unpaired) electrons. The summed E-state index contributed by atoms with van der Waals surface area (Å²) in [5, 5.41) is 3.27. The summed E-state index contributed by atoms with van der Waals surface area (Å²) in [5.74, 6) is -0.155. The number of fused-ring (bicyclic) bond motifs is 1. The average Bonchev–Trinajstić information content (AvgIpc) is 2.39. The van der Waals surface area contributed by atoms with E-state index in [0.717, 1.165) is 15.7 Å². The van der Waals surface area contributed by atoms with Gasteiger partial charge < -0.3 is 10.1 Å². The first-order chi connectivity index (χ1) is 6.70. The molecule has 1 heterocycles. The van der Waals surface area contributed by atoms with Gasteiger partial charge in [0.1, 0.15) is 6.61 Å². The lowest BCUT2D eigenvalue weighted by atomic mass is 10.2. The second kappa shape index (κ2) is 4.20. The van der Waals surface area contributed by atoms with Crippen LogP contribution >= 0.6 is 34.2 Å². The first-order valence-corrected chi connectivity index (χ1v) is 5.65. The molecule has 14 heavy (non-hydrogen) atoms. The molecule has 0 aliphatic carbocycles. The molecule has 0 saturated carbocycles. The SMILES string of the molecule is Fc1c(Cl)cc(I)c2c1OCCNC2. The Morgan fingerprint density at radius 3 is 3.14 bits per heavy atom. The average molecular weight is 328 g/mol. The van der Waals surface area contributed by atoms with Crippen LogP contribution in [0.2, 0.25) is 5.02 Å². The van der Waals surface area contributed by atoms with E-state index in [2.05, 4.69) is 27.9 Å². The Kier molecular flexibility index (Phi) is 3.14. The lowest BCUT2D eigenvalue weighted by Gasteiger charge is -2.10. The van der Waals surface area contributed by atoms with Gasteiger partial charge in [0, 0.05) is 22.2 Å². The van der Waals surface area contributed by atoms with E-state index in [9.17, 15) is 4.39 Å². The maximum absolute atomic E-state index is 13.6. The number of hydrogen-bond donors (Lipinski definition) is 1. The first kappa shape index (κ1) is 10.4. The number of hydrogen-bond acceptors (Lipinski definition) is 2. The Balaban J connectivity index is 2.57. The molecule has 76 valence electrons. The van der Waals surface area contributed by atoms with Crippen LogP contribution in [0.15, 0.2) is 6.07 Å². The molecule has 0 saturated heterocycles. The predicted molar refractivity (Wildman–Crippen MR) is 61.3 cm³/mol. The van der Waals surface area contributed by atoms with E-state index in [1.807, 2.05) is 0 Å². The van der Waals surface area contributed by atoms with E-state index in [1.54, 1.807) is 6.07 Å². The second-order valence-electron chi connectivity index (χ2n) is 2.99. The van der Waals surface area contributed by atoms with E-state index in [4.69, 9.17) is 16.3 Å². The summed E-state index contributed by atoms with van der Waals surface area (Å²) in [6.45, 7) is 1.82. The summed E-state index contributed by atoms with van der Waals surface area (Å²) >= 11 is 7.86. The topological polar surface area (TPSA) is 21.3 Å². The lowest BCUT2D eigenvalue weighted by Crippen LogP contribution is -2.16. The minimum absolute atomic E-state index is 0.120. The van der Waals surface area contributed by atoms with Crippen molar-refractivity contribution in [3.63, 3.8) is 0 Å². The van der Waals surface area contributed by atoms with Gasteiger partial charge in [-0.15, -0.1) is 0 Å². The van der Waals surface area contributed by atoms with Gasteiger partial charge in [-0.25, -0.2) is 4.39 Å². The van der Waals surface area contributed by atoms with Gasteiger partial charge in [0.15, 0.2) is 11.6 Å². The molecule has 1 aromatic rings. The molecule has 5 heteroatoms. The number of nitrogens with one attached hydrogen (secondary N) is 1. The summed E-state index contributed by atoms with van der Waals surface area (Å²) < 4.78 is 19.8. The zero-order chi connectivity index (χ0) is 10.1. The zero-order valence-corrected chi connectivity index (χ0v) is 10.2. The molecular weight excluding hydrogens is 319 g/mol. The highest BCUT2D eigenvalue weighted by atomic mass is 127. The highest BCUT2D eigenvalue weighted by molar-refractivity contribution is 14.1. The third-order valence-corrected chi connectivity index (χ3v) is 3.29. The normalized spacial score (nSPS) is 15.6. The van der Waals surface area contributed by atoms with Crippen molar-refractivity contribution in [2.75, 3.05) is 13.2 Å². The summed E-state index contributed by atoms with van der Waals surface area (Å²) in [5.41, 5.74) is 0.852. The van der Waals surface area contributed by atoms with Crippen LogP contribution < -0.4 is 10.1 Å². The number of benzene rings is 1. The fourth-order valence-corrected chi connectivity index (χ4v) is 2.49. The van der Waals surface area contributed by atoms with Crippen molar-refractivity contribution in [3.05, 3.63) is 26.0 Å². The van der Waals surface area contributed by atoms with E-state index >= 15 is 0 Å². The molecule has 1 aliphatic heterocycles. The van der Waals surface area contributed by atoms with Crippen molar-refractivity contribution < 1.29 is 9.13 Å². The molecule has 0 fully saturated rings. The third kappa shape index (κ3) is 1.83. The van der Waals surface area contributed by atoms with Gasteiger partial charge >= 0.3 is 0 Å². The van der Waals surface area contributed by atoms with Crippen LogP contribution in [0, 0.1) is 9.39 Å². The molecule has 0 atom stereocenters. The van der Waals surface area contributed by atoms with Crippen LogP contribution in [-0.2, 0) is 6.54 Å². The Morgan fingerprint density at radius 1 is 1.57 bits per heavy atom. The molecule has 0 spiro atoms. The van der Waals surface area contributed by atoms with Crippen molar-refractivity contribution in [1.29, 1.82) is 0 Å². The van der Waals surface area contributed by atoms with Crippen molar-refractivity contribution in [2.24, 2.45) is 0 Å². The van der Waals surface area contributed by atoms with Gasteiger partial charge in [0.25, 0.3) is 0 Å². The lowest BCUT2D eigenvalue weighted by molar-refractivity contribution is 0.309. The summed E-state index contributed by atoms with van der Waals surface area (Å²) in [6, 6.07) is 1.62. The molecule has 1 N–H and O–H groups in total. The Hall–Kier alpha value is -0.0700. The maximum atomic E-state index is 13.6. The van der Waals surface area contributed by atoms with Gasteiger partial charge in [-0.1, -0.05) is 11.6 Å². The van der Waals surface area contributed by atoms with Gasteiger partial charge in [-0.05, 0) is 28.7 Å².